The fourth-order valence-electron chi connectivity index (χ4n) is 2.40. The van der Waals surface area contributed by atoms with E-state index < -0.39 is 10.8 Å². The van der Waals surface area contributed by atoms with Crippen LogP contribution < -0.4 is 10.6 Å². The normalized spacial score (nSPS) is 10.4. The first-order valence-corrected chi connectivity index (χ1v) is 9.17. The molecule has 0 atom stereocenters. The summed E-state index contributed by atoms with van der Waals surface area (Å²) in [6.07, 6.45) is 1.34. The molecule has 0 aliphatic carbocycles. The largest absolute Gasteiger partial charge is 0.345 e. The maximum atomic E-state index is 12.0. The topological polar surface area (TPSA) is 132 Å². The van der Waals surface area contributed by atoms with Gasteiger partial charge < -0.3 is 10.6 Å². The first-order valence-electron chi connectivity index (χ1n) is 8.38. The van der Waals surface area contributed by atoms with Gasteiger partial charge in [0.05, 0.1) is 17.2 Å². The zero-order valence-corrected chi connectivity index (χ0v) is 16.5. The summed E-state index contributed by atoms with van der Waals surface area (Å²) < 4.78 is 2.02. The molecule has 0 spiro atoms. The second-order valence-electron chi connectivity index (χ2n) is 5.88. The quantitative estimate of drug-likeness (QED) is 0.412. The molecule has 0 unspecified atom stereocenters. The van der Waals surface area contributed by atoms with Crippen molar-refractivity contribution < 1.29 is 14.5 Å². The highest BCUT2D eigenvalue weighted by Gasteiger charge is 2.12. The minimum absolute atomic E-state index is 0.0762. The van der Waals surface area contributed by atoms with Crippen molar-refractivity contribution in [1.82, 2.24) is 20.1 Å². The molecule has 29 heavy (non-hydrogen) atoms. The lowest BCUT2D eigenvalue weighted by Crippen LogP contribution is -2.35. The summed E-state index contributed by atoms with van der Waals surface area (Å²) in [5.41, 5.74) is 0.989. The Morgan fingerprint density at radius 3 is 2.69 bits per heavy atom. The number of nitro benzene ring substituents is 1. The second kappa shape index (κ2) is 9.06. The molecule has 2 aromatic carbocycles. The Labute approximate surface area is 173 Å². The molecule has 148 valence electrons. The summed E-state index contributed by atoms with van der Waals surface area (Å²) in [6.45, 7) is -0.350. The monoisotopic (exact) mass is 458 g/mol. The number of carbonyl (C=O) groups excluding carboxylic acids is 2. The van der Waals surface area contributed by atoms with Gasteiger partial charge in [0, 0.05) is 22.2 Å². The smallest absolute Gasteiger partial charge is 0.270 e. The molecular formula is C18H15BrN6O4. The molecule has 0 saturated heterocycles. The number of carbonyl (C=O) groups is 2. The van der Waals surface area contributed by atoms with E-state index in [0.29, 0.717) is 11.3 Å². The van der Waals surface area contributed by atoms with Crippen LogP contribution in [0, 0.1) is 10.1 Å². The van der Waals surface area contributed by atoms with Crippen molar-refractivity contribution in [2.24, 2.45) is 0 Å². The molecule has 0 bridgehead atoms. The third kappa shape index (κ3) is 5.45. The summed E-state index contributed by atoms with van der Waals surface area (Å²) in [5, 5.41) is 20.2. The van der Waals surface area contributed by atoms with Crippen molar-refractivity contribution in [3.8, 4) is 11.4 Å². The Morgan fingerprint density at radius 1 is 1.14 bits per heavy atom. The molecule has 11 heteroatoms. The van der Waals surface area contributed by atoms with Crippen LogP contribution in [0.4, 0.5) is 11.4 Å². The lowest BCUT2D eigenvalue weighted by molar-refractivity contribution is -0.384. The fraction of sp³-hybridized carbons (Fsp3) is 0.111. The first kappa shape index (κ1) is 20.1. The van der Waals surface area contributed by atoms with Crippen LogP contribution >= 0.6 is 15.9 Å². The molecule has 0 radical (unpaired) electrons. The number of hydrogen-bond acceptors (Lipinski definition) is 6. The average Bonchev–Trinajstić information content (AvgIpc) is 3.17. The van der Waals surface area contributed by atoms with E-state index in [9.17, 15) is 19.7 Å². The van der Waals surface area contributed by atoms with Gasteiger partial charge in [-0.2, -0.15) is 5.10 Å². The number of halogens is 1. The van der Waals surface area contributed by atoms with Gasteiger partial charge in [0.1, 0.15) is 12.9 Å². The number of nitrogens with one attached hydrogen (secondary N) is 2. The van der Waals surface area contributed by atoms with Crippen molar-refractivity contribution in [2.45, 2.75) is 6.54 Å². The van der Waals surface area contributed by atoms with E-state index in [4.69, 9.17) is 0 Å². The third-order valence-electron chi connectivity index (χ3n) is 3.75. The van der Waals surface area contributed by atoms with E-state index in [0.717, 1.165) is 4.47 Å². The molecule has 10 nitrogen and oxygen atoms in total. The highest BCUT2D eigenvalue weighted by molar-refractivity contribution is 9.10. The van der Waals surface area contributed by atoms with Gasteiger partial charge in [0.2, 0.25) is 11.8 Å². The van der Waals surface area contributed by atoms with E-state index >= 15 is 0 Å². The summed E-state index contributed by atoms with van der Waals surface area (Å²) in [4.78, 5) is 38.4. The molecule has 0 fully saturated rings. The van der Waals surface area contributed by atoms with Gasteiger partial charge >= 0.3 is 0 Å². The molecule has 1 aromatic heterocycles. The van der Waals surface area contributed by atoms with Gasteiger partial charge in [-0.05, 0) is 28.1 Å². The van der Waals surface area contributed by atoms with E-state index in [-0.39, 0.29) is 30.5 Å². The molecule has 1 heterocycles. The molecule has 2 amide bonds. The van der Waals surface area contributed by atoms with Gasteiger partial charge in [-0.25, -0.2) is 9.67 Å². The number of para-hydroxylation sites is 1. The summed E-state index contributed by atoms with van der Waals surface area (Å²) in [6, 6.07) is 13.0. The van der Waals surface area contributed by atoms with E-state index in [1.54, 1.807) is 24.3 Å². The van der Waals surface area contributed by atoms with Crippen molar-refractivity contribution in [3.63, 3.8) is 0 Å². The first-order chi connectivity index (χ1) is 13.9. The predicted molar refractivity (Wildman–Crippen MR) is 108 cm³/mol. The number of aromatic nitrogens is 3. The van der Waals surface area contributed by atoms with Crippen molar-refractivity contribution in [2.75, 3.05) is 11.9 Å². The van der Waals surface area contributed by atoms with Crippen LogP contribution in [0.15, 0.2) is 59.3 Å². The average molecular weight is 459 g/mol. The van der Waals surface area contributed by atoms with Gasteiger partial charge in [-0.1, -0.05) is 24.3 Å². The van der Waals surface area contributed by atoms with Crippen LogP contribution in [0.3, 0.4) is 0 Å². The third-order valence-corrected chi connectivity index (χ3v) is 4.44. The number of rotatable bonds is 7. The van der Waals surface area contributed by atoms with E-state index in [1.165, 1.54) is 29.2 Å². The predicted octanol–water partition coefficient (Wildman–Crippen LogP) is 2.37. The molecular weight excluding hydrogens is 444 g/mol. The lowest BCUT2D eigenvalue weighted by Gasteiger charge is -2.08. The second-order valence-corrected chi connectivity index (χ2v) is 6.73. The zero-order valence-electron chi connectivity index (χ0n) is 14.9. The van der Waals surface area contributed by atoms with Crippen LogP contribution in [0.2, 0.25) is 0 Å². The molecule has 0 aliphatic rings. The van der Waals surface area contributed by atoms with Crippen LogP contribution in [0.25, 0.3) is 11.4 Å². The number of anilines is 1. The van der Waals surface area contributed by atoms with Crippen LogP contribution in [-0.4, -0.2) is 38.0 Å². The SMILES string of the molecule is O=C(Cn1cnc(-c2cccc([N+](=O)[O-])c2)n1)NCC(=O)Nc1ccccc1Br. The fourth-order valence-corrected chi connectivity index (χ4v) is 2.78. The minimum atomic E-state index is -0.507. The van der Waals surface area contributed by atoms with E-state index in [2.05, 4.69) is 36.6 Å². The van der Waals surface area contributed by atoms with Gasteiger partial charge in [-0.3, -0.25) is 19.7 Å². The number of amides is 2. The minimum Gasteiger partial charge on any atom is -0.345 e. The highest BCUT2D eigenvalue weighted by atomic mass is 79.9. The summed E-state index contributed by atoms with van der Waals surface area (Å²) in [5.74, 6) is -0.544. The lowest BCUT2D eigenvalue weighted by atomic mass is 10.2. The summed E-state index contributed by atoms with van der Waals surface area (Å²) >= 11 is 3.32. The maximum Gasteiger partial charge on any atom is 0.270 e. The Bertz CT molecular complexity index is 1070. The van der Waals surface area contributed by atoms with Gasteiger partial charge in [0.25, 0.3) is 5.69 Å². The molecule has 2 N–H and O–H groups in total. The highest BCUT2D eigenvalue weighted by Crippen LogP contribution is 2.21. The van der Waals surface area contributed by atoms with Gasteiger partial charge in [-0.15, -0.1) is 0 Å². The molecule has 0 aliphatic heterocycles. The van der Waals surface area contributed by atoms with Crippen LogP contribution in [0.5, 0.6) is 0 Å². The number of nitro groups is 1. The standard InChI is InChI=1S/C18H15BrN6O4/c19-14-6-1-2-7-15(14)22-16(26)9-20-17(27)10-24-11-21-18(23-24)12-4-3-5-13(8-12)25(28)29/h1-8,11H,9-10H2,(H,20,27)(H,22,26). The van der Waals surface area contributed by atoms with Crippen molar-refractivity contribution in [1.29, 1.82) is 0 Å². The number of non-ortho nitro benzene ring substituents is 1. The van der Waals surface area contributed by atoms with Crippen molar-refractivity contribution in [3.05, 3.63) is 69.4 Å². The molecule has 3 aromatic rings. The van der Waals surface area contributed by atoms with Crippen molar-refractivity contribution >= 4 is 39.1 Å². The van der Waals surface area contributed by atoms with E-state index in [1.807, 2.05) is 6.07 Å². The Kier molecular flexibility index (Phi) is 6.29. The Hall–Kier alpha value is -3.60. The number of nitrogens with zero attached hydrogens (tertiary/aromatic N) is 4. The maximum absolute atomic E-state index is 12.0. The van der Waals surface area contributed by atoms with Crippen LogP contribution in [0.1, 0.15) is 0 Å². The Balaban J connectivity index is 1.54. The Morgan fingerprint density at radius 2 is 1.93 bits per heavy atom. The number of hydrogen-bond donors (Lipinski definition) is 2. The zero-order chi connectivity index (χ0) is 20.8. The molecule has 3 rings (SSSR count). The van der Waals surface area contributed by atoms with Gasteiger partial charge in [0.15, 0.2) is 5.82 Å². The molecule has 0 saturated carbocycles. The van der Waals surface area contributed by atoms with Crippen LogP contribution in [-0.2, 0) is 16.1 Å². The summed E-state index contributed by atoms with van der Waals surface area (Å²) in [7, 11) is 0. The number of benzene rings is 2.